The fraction of sp³-hybridized carbons (Fsp3) is 0.565. The van der Waals surface area contributed by atoms with Crippen molar-refractivity contribution in [3.8, 4) is 5.75 Å². The molecule has 0 radical (unpaired) electrons. The smallest absolute Gasteiger partial charge is 0.194 e. The van der Waals surface area contributed by atoms with Crippen molar-refractivity contribution >= 4 is 5.96 Å². The van der Waals surface area contributed by atoms with E-state index in [9.17, 15) is 0 Å². The lowest BCUT2D eigenvalue weighted by atomic mass is 10.0. The van der Waals surface area contributed by atoms with E-state index in [1.54, 1.807) is 0 Å². The first kappa shape index (κ1) is 22.2. The molecule has 1 aliphatic heterocycles. The van der Waals surface area contributed by atoms with Crippen molar-refractivity contribution in [3.05, 3.63) is 47.8 Å². The molecule has 1 unspecified atom stereocenters. The molecule has 1 fully saturated rings. The molecule has 1 aliphatic rings. The Morgan fingerprint density at radius 1 is 1.30 bits per heavy atom. The number of aryl methyl sites for hydroxylation is 1. The minimum atomic E-state index is 0.520. The van der Waals surface area contributed by atoms with Crippen LogP contribution in [0.4, 0.5) is 0 Å². The van der Waals surface area contributed by atoms with Crippen LogP contribution in [0.1, 0.15) is 36.8 Å². The van der Waals surface area contributed by atoms with Gasteiger partial charge in [-0.2, -0.15) is 5.10 Å². The maximum atomic E-state index is 5.82. The molecule has 30 heavy (non-hydrogen) atoms. The molecule has 1 aromatic heterocycles. The van der Waals surface area contributed by atoms with Crippen molar-refractivity contribution < 1.29 is 4.74 Å². The summed E-state index contributed by atoms with van der Waals surface area (Å²) in [6.45, 7) is 7.43. The van der Waals surface area contributed by atoms with Gasteiger partial charge in [-0.3, -0.25) is 4.68 Å². The fourth-order valence-electron chi connectivity index (χ4n) is 3.73. The minimum Gasteiger partial charge on any atom is -0.494 e. The van der Waals surface area contributed by atoms with Crippen LogP contribution in [0.2, 0.25) is 0 Å². The van der Waals surface area contributed by atoms with E-state index in [1.165, 1.54) is 11.1 Å². The van der Waals surface area contributed by atoms with Gasteiger partial charge < -0.3 is 19.9 Å². The molecule has 7 heteroatoms. The summed E-state index contributed by atoms with van der Waals surface area (Å²) in [4.78, 5) is 9.42. The van der Waals surface area contributed by atoms with Crippen LogP contribution in [-0.4, -0.2) is 72.4 Å². The zero-order chi connectivity index (χ0) is 21.3. The quantitative estimate of drug-likeness (QED) is 0.390. The third kappa shape index (κ3) is 6.49. The highest BCUT2D eigenvalue weighted by Gasteiger charge is 2.26. The Hall–Kier alpha value is -2.54. The number of nitrogens with one attached hydrogen (secondary N) is 1. The van der Waals surface area contributed by atoms with E-state index in [-0.39, 0.29) is 0 Å². The number of hydrogen-bond acceptors (Lipinski definition) is 4. The van der Waals surface area contributed by atoms with Gasteiger partial charge >= 0.3 is 0 Å². The molecule has 2 heterocycles. The van der Waals surface area contributed by atoms with Gasteiger partial charge in [-0.15, -0.1) is 0 Å². The zero-order valence-corrected chi connectivity index (χ0v) is 18.8. The highest BCUT2D eigenvalue weighted by molar-refractivity contribution is 5.80. The summed E-state index contributed by atoms with van der Waals surface area (Å²) >= 11 is 0. The van der Waals surface area contributed by atoms with Crippen LogP contribution in [-0.2, 0) is 13.6 Å². The lowest BCUT2D eigenvalue weighted by Crippen LogP contribution is -2.40. The van der Waals surface area contributed by atoms with Crippen LogP contribution in [0.5, 0.6) is 5.75 Å². The summed E-state index contributed by atoms with van der Waals surface area (Å²) in [6.07, 6.45) is 6.28. The SMILES string of the molecule is CCNC(=NCc1ccc(OCCCN(C)C)cc1)N1CCC(c2cnn(C)c2)C1. The van der Waals surface area contributed by atoms with Gasteiger partial charge in [-0.05, 0) is 57.1 Å². The number of aliphatic imine (C=N–C) groups is 1. The molecule has 1 N–H and O–H groups in total. The van der Waals surface area contributed by atoms with Crippen molar-refractivity contribution in [1.29, 1.82) is 0 Å². The standard InChI is InChI=1S/C23H36N6O/c1-5-24-23(29-13-11-20(18-29)21-16-26-28(4)17-21)25-15-19-7-9-22(10-8-19)30-14-6-12-27(2)3/h7-10,16-17,20H,5-6,11-15,18H2,1-4H3,(H,24,25). The number of hydrogen-bond donors (Lipinski definition) is 1. The van der Waals surface area contributed by atoms with Gasteiger partial charge in [-0.1, -0.05) is 12.1 Å². The Bertz CT molecular complexity index is 798. The molecule has 0 saturated carbocycles. The predicted octanol–water partition coefficient (Wildman–Crippen LogP) is 2.71. The van der Waals surface area contributed by atoms with Gasteiger partial charge in [0.2, 0.25) is 0 Å². The summed E-state index contributed by atoms with van der Waals surface area (Å²) < 4.78 is 7.70. The maximum Gasteiger partial charge on any atom is 0.194 e. The van der Waals surface area contributed by atoms with Gasteiger partial charge in [0.05, 0.1) is 19.3 Å². The van der Waals surface area contributed by atoms with E-state index < -0.39 is 0 Å². The van der Waals surface area contributed by atoms with Crippen LogP contribution in [0.3, 0.4) is 0 Å². The summed E-state index contributed by atoms with van der Waals surface area (Å²) in [5.74, 6) is 2.44. The van der Waals surface area contributed by atoms with Crippen molar-refractivity contribution in [2.45, 2.75) is 32.2 Å². The van der Waals surface area contributed by atoms with Crippen LogP contribution < -0.4 is 10.1 Å². The van der Waals surface area contributed by atoms with Crippen LogP contribution in [0.15, 0.2) is 41.7 Å². The molecule has 0 spiro atoms. The number of guanidine groups is 1. The number of aromatic nitrogens is 2. The van der Waals surface area contributed by atoms with Crippen molar-refractivity contribution in [3.63, 3.8) is 0 Å². The van der Waals surface area contributed by atoms with E-state index in [2.05, 4.69) is 59.6 Å². The molecular formula is C23H36N6O. The Labute approximate surface area is 180 Å². The average molecular weight is 413 g/mol. The molecule has 164 valence electrons. The predicted molar refractivity (Wildman–Crippen MR) is 122 cm³/mol. The monoisotopic (exact) mass is 412 g/mol. The first-order valence-corrected chi connectivity index (χ1v) is 10.9. The molecule has 0 aliphatic carbocycles. The van der Waals surface area contributed by atoms with Crippen molar-refractivity contribution in [2.24, 2.45) is 12.0 Å². The van der Waals surface area contributed by atoms with Gasteiger partial charge in [0.25, 0.3) is 0 Å². The molecule has 1 aromatic carbocycles. The molecule has 0 bridgehead atoms. The number of nitrogens with zero attached hydrogens (tertiary/aromatic N) is 5. The van der Waals surface area contributed by atoms with Gasteiger partial charge in [0, 0.05) is 45.3 Å². The first-order chi connectivity index (χ1) is 14.5. The van der Waals surface area contributed by atoms with Crippen molar-refractivity contribution in [1.82, 2.24) is 24.9 Å². The highest BCUT2D eigenvalue weighted by atomic mass is 16.5. The molecule has 7 nitrogen and oxygen atoms in total. The van der Waals surface area contributed by atoms with Crippen LogP contribution in [0, 0.1) is 0 Å². The maximum absolute atomic E-state index is 5.82. The topological polar surface area (TPSA) is 57.9 Å². The number of ether oxygens (including phenoxy) is 1. The average Bonchev–Trinajstić information content (AvgIpc) is 3.38. The van der Waals surface area contributed by atoms with Crippen molar-refractivity contribution in [2.75, 3.05) is 46.9 Å². The highest BCUT2D eigenvalue weighted by Crippen LogP contribution is 2.26. The Morgan fingerprint density at radius 2 is 2.10 bits per heavy atom. The lowest BCUT2D eigenvalue weighted by molar-refractivity contribution is 0.281. The third-order valence-corrected chi connectivity index (χ3v) is 5.37. The van der Waals surface area contributed by atoms with Crippen LogP contribution >= 0.6 is 0 Å². The van der Waals surface area contributed by atoms with E-state index in [4.69, 9.17) is 9.73 Å². The number of rotatable bonds is 9. The van der Waals surface area contributed by atoms with E-state index >= 15 is 0 Å². The summed E-state index contributed by atoms with van der Waals surface area (Å²) in [5, 5.41) is 7.77. The van der Waals surface area contributed by atoms with E-state index in [1.807, 2.05) is 30.1 Å². The molecular weight excluding hydrogens is 376 g/mol. The normalized spacial score (nSPS) is 17.0. The summed E-state index contributed by atoms with van der Waals surface area (Å²) in [6, 6.07) is 8.30. The third-order valence-electron chi connectivity index (χ3n) is 5.37. The Balaban J connectivity index is 1.53. The summed E-state index contributed by atoms with van der Waals surface area (Å²) in [7, 11) is 6.14. The number of likely N-dealkylation sites (tertiary alicyclic amines) is 1. The van der Waals surface area contributed by atoms with Crippen LogP contribution in [0.25, 0.3) is 0 Å². The van der Waals surface area contributed by atoms with Gasteiger partial charge in [0.15, 0.2) is 5.96 Å². The minimum absolute atomic E-state index is 0.520. The van der Waals surface area contributed by atoms with Gasteiger partial charge in [-0.25, -0.2) is 4.99 Å². The first-order valence-electron chi connectivity index (χ1n) is 10.9. The van der Waals surface area contributed by atoms with E-state index in [0.29, 0.717) is 12.5 Å². The second-order valence-corrected chi connectivity index (χ2v) is 8.20. The zero-order valence-electron chi connectivity index (χ0n) is 18.8. The molecule has 1 saturated heterocycles. The molecule has 3 rings (SSSR count). The van der Waals surface area contributed by atoms with E-state index in [0.717, 1.165) is 57.3 Å². The van der Waals surface area contributed by atoms with Gasteiger partial charge in [0.1, 0.15) is 5.75 Å². The summed E-state index contributed by atoms with van der Waals surface area (Å²) in [5.41, 5.74) is 2.51. The largest absolute Gasteiger partial charge is 0.494 e. The second kappa shape index (κ2) is 11.0. The molecule has 1 atom stereocenters. The second-order valence-electron chi connectivity index (χ2n) is 8.20. The Morgan fingerprint density at radius 3 is 2.77 bits per heavy atom. The Kier molecular flexibility index (Phi) is 8.13. The number of benzene rings is 1. The lowest BCUT2D eigenvalue weighted by Gasteiger charge is -2.21. The molecule has 0 amide bonds. The molecule has 2 aromatic rings. The fourth-order valence-corrected chi connectivity index (χ4v) is 3.73.